The van der Waals surface area contributed by atoms with E-state index >= 15 is 4.39 Å². The van der Waals surface area contributed by atoms with Crippen molar-refractivity contribution in [1.82, 2.24) is 10.2 Å². The van der Waals surface area contributed by atoms with Gasteiger partial charge in [-0.1, -0.05) is 40.7 Å². The molecular formula is C47H75FN2O11. The number of halogens is 1. The molecule has 2 heterocycles. The molecule has 3 saturated carbocycles. The van der Waals surface area contributed by atoms with Crippen LogP contribution in [0.2, 0.25) is 0 Å². The summed E-state index contributed by atoms with van der Waals surface area (Å²) >= 11 is 0. The summed E-state index contributed by atoms with van der Waals surface area (Å²) in [6.45, 7) is 14.1. The number of aliphatic hydroxyl groups excluding tert-OH is 4. The number of carbonyl (C=O) groups excluding carboxylic acids is 3. The summed E-state index contributed by atoms with van der Waals surface area (Å²) < 4.78 is 34.2. The Bertz CT molecular complexity index is 1630. The van der Waals surface area contributed by atoms with Crippen LogP contribution in [0, 0.1) is 40.4 Å². The SMILES string of the molecule is CC[C@H]1OC(=O)[C@H](C)C[C@H](C)C(O[C@H]2CCC[C@@H](C)O2)[C@H](O)CCCN(CCCNC(=O)[C@@]2(O)CCC3C4C[C@H](F)C5=CC(=O)C=C[C@]5(C)C4C(O)C[C@@]32C)[C@H](C)[C@@H](O)[C@@H]1O. The number of amides is 1. The molecule has 61 heavy (non-hydrogen) atoms. The molecule has 6 rings (SSSR count). The van der Waals surface area contributed by atoms with Gasteiger partial charge in [-0.25, -0.2) is 4.39 Å². The van der Waals surface area contributed by atoms with Gasteiger partial charge in [0.15, 0.2) is 12.1 Å². The number of aliphatic hydroxyl groups is 5. The van der Waals surface area contributed by atoms with E-state index in [0.29, 0.717) is 57.2 Å². The average Bonchev–Trinajstić information content (AvgIpc) is 3.48. The van der Waals surface area contributed by atoms with Crippen molar-refractivity contribution < 1.29 is 58.5 Å². The number of nitrogens with one attached hydrogen (secondary N) is 1. The van der Waals surface area contributed by atoms with Crippen molar-refractivity contribution in [2.45, 2.75) is 192 Å². The van der Waals surface area contributed by atoms with Gasteiger partial charge in [0.25, 0.3) is 5.91 Å². The molecule has 5 unspecified atom stereocenters. The number of cyclic esters (lactones) is 1. The Morgan fingerprint density at radius 2 is 1.74 bits per heavy atom. The highest BCUT2D eigenvalue weighted by molar-refractivity contribution is 6.01. The van der Waals surface area contributed by atoms with Gasteiger partial charge in [-0.15, -0.1) is 0 Å². The van der Waals surface area contributed by atoms with Crippen LogP contribution in [0.1, 0.15) is 126 Å². The summed E-state index contributed by atoms with van der Waals surface area (Å²) in [5.74, 6) is -2.93. The van der Waals surface area contributed by atoms with Crippen LogP contribution in [0.25, 0.3) is 0 Å². The minimum Gasteiger partial charge on any atom is -0.459 e. The molecular weight excluding hydrogens is 788 g/mol. The summed E-state index contributed by atoms with van der Waals surface area (Å²) in [4.78, 5) is 41.6. The molecule has 18 atom stereocenters. The second-order valence-electron chi connectivity index (χ2n) is 20.2. The maximum absolute atomic E-state index is 15.8. The van der Waals surface area contributed by atoms with Crippen LogP contribution in [-0.4, -0.2) is 135 Å². The first-order valence-corrected chi connectivity index (χ1v) is 23.3. The zero-order valence-electron chi connectivity index (χ0n) is 37.5. The van der Waals surface area contributed by atoms with E-state index in [9.17, 15) is 39.9 Å². The number of fused-ring (bicyclic) bond motifs is 5. The number of nitrogens with zero attached hydrogens (tertiary/aromatic N) is 1. The van der Waals surface area contributed by atoms with E-state index in [1.54, 1.807) is 26.8 Å². The number of rotatable bonds is 8. The van der Waals surface area contributed by atoms with Gasteiger partial charge in [-0.3, -0.25) is 19.3 Å². The molecule has 6 aliphatic rings. The van der Waals surface area contributed by atoms with Gasteiger partial charge in [-0.2, -0.15) is 0 Å². The fraction of sp³-hybridized carbons (Fsp3) is 0.851. The molecule has 5 fully saturated rings. The Morgan fingerprint density at radius 3 is 2.44 bits per heavy atom. The third-order valence-electron chi connectivity index (χ3n) is 16.1. The summed E-state index contributed by atoms with van der Waals surface area (Å²) in [7, 11) is 0. The van der Waals surface area contributed by atoms with Gasteiger partial charge in [0.1, 0.15) is 24.0 Å². The van der Waals surface area contributed by atoms with Crippen molar-refractivity contribution in [3.63, 3.8) is 0 Å². The Kier molecular flexibility index (Phi) is 15.3. The van der Waals surface area contributed by atoms with Crippen molar-refractivity contribution >= 4 is 17.7 Å². The van der Waals surface area contributed by atoms with Crippen LogP contribution in [0.3, 0.4) is 0 Å². The fourth-order valence-corrected chi connectivity index (χ4v) is 12.5. The normalized spacial score (nSPS) is 46.6. The van der Waals surface area contributed by atoms with E-state index in [4.69, 9.17) is 14.2 Å². The molecule has 2 saturated heterocycles. The Hall–Kier alpha value is -2.30. The molecule has 0 radical (unpaired) electrons. The third kappa shape index (κ3) is 9.58. The van der Waals surface area contributed by atoms with Crippen molar-refractivity contribution in [3.05, 3.63) is 23.8 Å². The number of carbonyl (C=O) groups is 3. The summed E-state index contributed by atoms with van der Waals surface area (Å²) in [6, 6.07) is -0.597. The average molecular weight is 863 g/mol. The first kappa shape index (κ1) is 48.2. The molecule has 4 aliphatic carbocycles. The van der Waals surface area contributed by atoms with Crippen molar-refractivity contribution in [3.8, 4) is 0 Å². The first-order chi connectivity index (χ1) is 28.7. The van der Waals surface area contributed by atoms with E-state index in [1.165, 1.54) is 12.2 Å². The predicted octanol–water partition coefficient (Wildman–Crippen LogP) is 4.30. The van der Waals surface area contributed by atoms with Gasteiger partial charge >= 0.3 is 5.97 Å². The monoisotopic (exact) mass is 863 g/mol. The van der Waals surface area contributed by atoms with E-state index in [2.05, 4.69) is 5.32 Å². The lowest BCUT2D eigenvalue weighted by Gasteiger charge is -2.60. The summed E-state index contributed by atoms with van der Waals surface area (Å²) in [5, 5.41) is 61.4. The highest BCUT2D eigenvalue weighted by atomic mass is 19.1. The largest absolute Gasteiger partial charge is 0.459 e. The molecule has 14 heteroatoms. The lowest BCUT2D eigenvalue weighted by Crippen LogP contribution is -2.64. The Morgan fingerprint density at radius 1 is 1.00 bits per heavy atom. The predicted molar refractivity (Wildman–Crippen MR) is 225 cm³/mol. The van der Waals surface area contributed by atoms with Crippen LogP contribution < -0.4 is 5.32 Å². The van der Waals surface area contributed by atoms with E-state index in [1.807, 2.05) is 32.6 Å². The summed E-state index contributed by atoms with van der Waals surface area (Å²) in [5.41, 5.74) is -3.24. The highest BCUT2D eigenvalue weighted by Gasteiger charge is 2.69. The van der Waals surface area contributed by atoms with Gasteiger partial charge < -0.3 is 45.1 Å². The van der Waals surface area contributed by atoms with Gasteiger partial charge in [0.2, 0.25) is 0 Å². The maximum Gasteiger partial charge on any atom is 0.309 e. The smallest absolute Gasteiger partial charge is 0.309 e. The standard InChI is InChI=1S/C47H75FN2O11/c1-8-37-41(55)40(54)29(5)50(20-10-13-35(52)42(26(2)22-27(3)43(56)60-37)61-38-14-9-12-28(4)59-38)21-11-19-49-44(57)47(58)18-16-32-31-24-34(48)33-23-30(51)15-17-45(33,6)39(31)36(53)25-46(32,47)7/h15,17,23,26-29,31-32,34-42,52-55,58H,8-14,16,18-22,24-25H2,1-7H3,(H,49,57)/t26-,27+,28+,29+,31?,32?,34-,35+,36?,37+,38-,39?,40+,41+,42?,45-,46-,47-/m0/s1. The van der Waals surface area contributed by atoms with Gasteiger partial charge in [0, 0.05) is 35.9 Å². The van der Waals surface area contributed by atoms with Crippen LogP contribution in [0.15, 0.2) is 23.8 Å². The fourth-order valence-electron chi connectivity index (χ4n) is 12.5. The van der Waals surface area contributed by atoms with Crippen molar-refractivity contribution in [2.24, 2.45) is 40.4 Å². The molecule has 1 amide bonds. The summed E-state index contributed by atoms with van der Waals surface area (Å²) in [6.07, 6.45) is 2.38. The lowest BCUT2D eigenvalue weighted by molar-refractivity contribution is -0.236. The quantitative estimate of drug-likeness (QED) is 0.150. The van der Waals surface area contributed by atoms with Crippen LogP contribution in [-0.2, 0) is 28.6 Å². The molecule has 0 aromatic rings. The molecule has 346 valence electrons. The van der Waals surface area contributed by atoms with Gasteiger partial charge in [0.05, 0.1) is 36.4 Å². The number of esters is 1. The molecule has 0 bridgehead atoms. The minimum atomic E-state index is -1.79. The lowest BCUT2D eigenvalue weighted by atomic mass is 9.46. The molecule has 0 aromatic carbocycles. The second kappa shape index (κ2) is 19.4. The van der Waals surface area contributed by atoms with Crippen LogP contribution in [0.4, 0.5) is 4.39 Å². The number of ether oxygens (including phenoxy) is 3. The third-order valence-corrected chi connectivity index (χ3v) is 16.1. The molecule has 2 aliphatic heterocycles. The Labute approximate surface area is 361 Å². The molecule has 0 aromatic heterocycles. The molecule has 13 nitrogen and oxygen atoms in total. The topological polar surface area (TPSA) is 195 Å². The number of allylic oxidation sites excluding steroid dienone is 4. The van der Waals surface area contributed by atoms with E-state index in [-0.39, 0.29) is 67.8 Å². The zero-order valence-corrected chi connectivity index (χ0v) is 37.5. The van der Waals surface area contributed by atoms with Gasteiger partial charge in [-0.05, 0) is 133 Å². The van der Waals surface area contributed by atoms with E-state index in [0.717, 1.165) is 12.8 Å². The molecule has 0 spiro atoms. The van der Waals surface area contributed by atoms with Crippen LogP contribution in [0.5, 0.6) is 0 Å². The Balaban J connectivity index is 1.12. The number of hydrogen-bond donors (Lipinski definition) is 6. The second-order valence-corrected chi connectivity index (χ2v) is 20.2. The van der Waals surface area contributed by atoms with Crippen molar-refractivity contribution in [2.75, 3.05) is 19.6 Å². The number of ketones is 1. The first-order valence-electron chi connectivity index (χ1n) is 23.3. The number of alkyl halides is 1. The van der Waals surface area contributed by atoms with Crippen molar-refractivity contribution in [1.29, 1.82) is 0 Å². The van der Waals surface area contributed by atoms with E-state index < -0.39 is 89.4 Å². The van der Waals surface area contributed by atoms with Crippen LogP contribution >= 0.6 is 0 Å². The number of hydrogen-bond acceptors (Lipinski definition) is 12. The highest BCUT2D eigenvalue weighted by Crippen LogP contribution is 2.67. The molecule has 6 N–H and O–H groups in total. The maximum atomic E-state index is 15.8. The zero-order chi connectivity index (χ0) is 44.6. The minimum absolute atomic E-state index is 0.0428.